The van der Waals surface area contributed by atoms with Crippen molar-refractivity contribution in [2.75, 3.05) is 7.11 Å². The van der Waals surface area contributed by atoms with Gasteiger partial charge in [-0.25, -0.2) is 0 Å². The topological polar surface area (TPSA) is 73.1 Å². The van der Waals surface area contributed by atoms with Crippen LogP contribution in [0.1, 0.15) is 18.4 Å². The van der Waals surface area contributed by atoms with Crippen molar-refractivity contribution >= 4 is 21.8 Å². The second-order valence-electron chi connectivity index (χ2n) is 6.75. The van der Waals surface area contributed by atoms with Crippen molar-refractivity contribution in [3.05, 3.63) is 58.6 Å². The summed E-state index contributed by atoms with van der Waals surface area (Å²) in [5.41, 5.74) is 1.93. The van der Waals surface area contributed by atoms with Crippen LogP contribution in [-0.4, -0.2) is 44.2 Å². The van der Waals surface area contributed by atoms with E-state index in [1.165, 1.54) is 4.80 Å². The largest absolute Gasteiger partial charge is 0.497 e. The number of halogens is 1. The number of ether oxygens (including phenoxy) is 1. The summed E-state index contributed by atoms with van der Waals surface area (Å²) < 4.78 is 6.18. The average Bonchev–Trinajstić information content (AvgIpc) is 3.45. The smallest absolute Gasteiger partial charge is 0.246 e. The Balaban J connectivity index is 1.44. The Hall–Kier alpha value is -2.74. The molecule has 1 fully saturated rings. The summed E-state index contributed by atoms with van der Waals surface area (Å²) in [4.78, 5) is 16.1. The third kappa shape index (κ3) is 4.39. The molecule has 0 saturated heterocycles. The van der Waals surface area contributed by atoms with Gasteiger partial charge in [-0.05, 0) is 60.0 Å². The number of methoxy groups -OCH3 is 1. The zero-order valence-corrected chi connectivity index (χ0v) is 17.0. The number of hydrogen-bond acceptors (Lipinski definition) is 5. The minimum Gasteiger partial charge on any atom is -0.497 e. The summed E-state index contributed by atoms with van der Waals surface area (Å²) >= 11 is 3.41. The van der Waals surface area contributed by atoms with E-state index in [-0.39, 0.29) is 12.5 Å². The molecule has 28 heavy (non-hydrogen) atoms. The van der Waals surface area contributed by atoms with Crippen molar-refractivity contribution in [1.82, 2.24) is 25.1 Å². The van der Waals surface area contributed by atoms with Crippen molar-refractivity contribution in [2.24, 2.45) is 0 Å². The minimum absolute atomic E-state index is 0.00178. The van der Waals surface area contributed by atoms with E-state index in [4.69, 9.17) is 4.74 Å². The Morgan fingerprint density at radius 2 is 1.89 bits per heavy atom. The van der Waals surface area contributed by atoms with Gasteiger partial charge >= 0.3 is 0 Å². The van der Waals surface area contributed by atoms with Crippen LogP contribution in [0.3, 0.4) is 0 Å². The van der Waals surface area contributed by atoms with Gasteiger partial charge in [0.1, 0.15) is 12.3 Å². The molecule has 4 rings (SSSR count). The Bertz CT molecular complexity index is 951. The van der Waals surface area contributed by atoms with Crippen LogP contribution in [0.15, 0.2) is 53.0 Å². The lowest BCUT2D eigenvalue weighted by molar-refractivity contribution is -0.133. The van der Waals surface area contributed by atoms with Gasteiger partial charge < -0.3 is 9.64 Å². The van der Waals surface area contributed by atoms with Crippen molar-refractivity contribution in [2.45, 2.75) is 32.0 Å². The molecule has 1 aliphatic carbocycles. The van der Waals surface area contributed by atoms with Gasteiger partial charge in [0.15, 0.2) is 0 Å². The number of hydrogen-bond donors (Lipinski definition) is 0. The van der Waals surface area contributed by atoms with Gasteiger partial charge in [-0.15, -0.1) is 10.2 Å². The van der Waals surface area contributed by atoms with Crippen LogP contribution in [0.25, 0.3) is 11.4 Å². The fraction of sp³-hybridized carbons (Fsp3) is 0.300. The van der Waals surface area contributed by atoms with Gasteiger partial charge in [0.2, 0.25) is 11.7 Å². The van der Waals surface area contributed by atoms with E-state index in [2.05, 4.69) is 31.3 Å². The monoisotopic (exact) mass is 441 g/mol. The maximum Gasteiger partial charge on any atom is 0.246 e. The van der Waals surface area contributed by atoms with Crippen LogP contribution in [-0.2, 0) is 17.9 Å². The molecule has 1 aromatic heterocycles. The van der Waals surface area contributed by atoms with Crippen molar-refractivity contribution in [3.63, 3.8) is 0 Å². The Kier molecular flexibility index (Phi) is 5.38. The van der Waals surface area contributed by atoms with Gasteiger partial charge in [0.05, 0.1) is 7.11 Å². The van der Waals surface area contributed by atoms with Crippen LogP contribution in [0.2, 0.25) is 0 Å². The number of benzene rings is 2. The number of tetrazole rings is 1. The summed E-state index contributed by atoms with van der Waals surface area (Å²) in [6.07, 6.45) is 2.08. The molecule has 7 nitrogen and oxygen atoms in total. The van der Waals surface area contributed by atoms with Gasteiger partial charge in [-0.2, -0.15) is 4.80 Å². The summed E-state index contributed by atoms with van der Waals surface area (Å²) in [7, 11) is 1.64. The number of rotatable bonds is 7. The highest BCUT2D eigenvalue weighted by molar-refractivity contribution is 9.10. The van der Waals surface area contributed by atoms with E-state index in [0.29, 0.717) is 18.4 Å². The van der Waals surface area contributed by atoms with E-state index < -0.39 is 0 Å². The second kappa shape index (κ2) is 8.10. The lowest BCUT2D eigenvalue weighted by Gasteiger charge is -2.22. The van der Waals surface area contributed by atoms with E-state index in [9.17, 15) is 4.79 Å². The Morgan fingerprint density at radius 1 is 1.18 bits per heavy atom. The maximum atomic E-state index is 12.9. The predicted octanol–water partition coefficient (Wildman–Crippen LogP) is 3.30. The molecule has 1 saturated carbocycles. The predicted molar refractivity (Wildman–Crippen MR) is 108 cm³/mol. The van der Waals surface area contributed by atoms with Crippen molar-refractivity contribution in [1.29, 1.82) is 0 Å². The number of aromatic nitrogens is 4. The molecule has 0 atom stereocenters. The number of amides is 1. The van der Waals surface area contributed by atoms with Gasteiger partial charge in [-0.1, -0.05) is 28.1 Å². The van der Waals surface area contributed by atoms with Gasteiger partial charge in [0, 0.05) is 22.6 Å². The van der Waals surface area contributed by atoms with E-state index in [0.717, 1.165) is 34.2 Å². The second-order valence-corrected chi connectivity index (χ2v) is 7.67. The molecule has 0 radical (unpaired) electrons. The molecule has 8 heteroatoms. The summed E-state index contributed by atoms with van der Waals surface area (Å²) in [5, 5.41) is 12.5. The number of carbonyl (C=O) groups is 1. The summed E-state index contributed by atoms with van der Waals surface area (Å²) in [6, 6.07) is 15.8. The van der Waals surface area contributed by atoms with Crippen molar-refractivity contribution in [3.8, 4) is 17.1 Å². The maximum absolute atomic E-state index is 12.9. The van der Waals surface area contributed by atoms with E-state index >= 15 is 0 Å². The molecule has 0 aliphatic heterocycles. The summed E-state index contributed by atoms with van der Waals surface area (Å²) in [5.74, 6) is 1.31. The van der Waals surface area contributed by atoms with Crippen LogP contribution in [0.5, 0.6) is 5.75 Å². The van der Waals surface area contributed by atoms with Gasteiger partial charge in [-0.3, -0.25) is 4.79 Å². The first-order chi connectivity index (χ1) is 13.6. The Morgan fingerprint density at radius 3 is 2.54 bits per heavy atom. The van der Waals surface area contributed by atoms with Crippen molar-refractivity contribution < 1.29 is 9.53 Å². The fourth-order valence-electron chi connectivity index (χ4n) is 2.97. The van der Waals surface area contributed by atoms with Crippen LogP contribution in [0.4, 0.5) is 0 Å². The first-order valence-corrected chi connectivity index (χ1v) is 9.88. The zero-order valence-electron chi connectivity index (χ0n) is 15.5. The van der Waals surface area contributed by atoms with Crippen LogP contribution >= 0.6 is 15.9 Å². The minimum atomic E-state index is -0.00178. The van der Waals surface area contributed by atoms with E-state index in [1.807, 2.05) is 53.4 Å². The first-order valence-electron chi connectivity index (χ1n) is 9.08. The van der Waals surface area contributed by atoms with Crippen LogP contribution < -0.4 is 4.74 Å². The van der Waals surface area contributed by atoms with Gasteiger partial charge in [0.25, 0.3) is 0 Å². The highest BCUT2D eigenvalue weighted by atomic mass is 79.9. The zero-order chi connectivity index (χ0) is 19.5. The third-order valence-electron chi connectivity index (χ3n) is 4.65. The number of nitrogens with zero attached hydrogens (tertiary/aromatic N) is 5. The molecule has 1 amide bonds. The SMILES string of the molecule is COc1ccc(CN(C(=O)Cn2nnc(-c3ccc(Br)cc3)n2)C2CC2)cc1. The molecule has 0 spiro atoms. The molecule has 0 bridgehead atoms. The molecule has 1 heterocycles. The lowest BCUT2D eigenvalue weighted by Crippen LogP contribution is -2.35. The average molecular weight is 442 g/mol. The molecular formula is C20H20BrN5O2. The number of carbonyl (C=O) groups excluding carboxylic acids is 1. The quantitative estimate of drug-likeness (QED) is 0.562. The standard InChI is InChI=1S/C20H20BrN5O2/c1-28-18-10-2-14(3-11-18)12-25(17-8-9-17)19(27)13-26-23-20(22-24-26)15-4-6-16(21)7-5-15/h2-7,10-11,17H,8-9,12-13H2,1H3. The normalized spacial score (nSPS) is 13.4. The molecule has 0 N–H and O–H groups in total. The molecule has 0 unspecified atom stereocenters. The fourth-order valence-corrected chi connectivity index (χ4v) is 3.24. The van der Waals surface area contributed by atoms with Crippen LogP contribution in [0, 0.1) is 0 Å². The molecule has 1 aliphatic rings. The molecule has 144 valence electrons. The molecular weight excluding hydrogens is 422 g/mol. The Labute approximate surface area is 171 Å². The lowest BCUT2D eigenvalue weighted by atomic mass is 10.2. The molecule has 2 aromatic carbocycles. The first kappa shape index (κ1) is 18.6. The summed E-state index contributed by atoms with van der Waals surface area (Å²) in [6.45, 7) is 0.651. The highest BCUT2D eigenvalue weighted by Crippen LogP contribution is 2.29. The third-order valence-corrected chi connectivity index (χ3v) is 5.18. The van der Waals surface area contributed by atoms with E-state index in [1.54, 1.807) is 7.11 Å². The molecule has 3 aromatic rings. The highest BCUT2D eigenvalue weighted by Gasteiger charge is 2.32.